The quantitative estimate of drug-likeness (QED) is 0.834. The van der Waals surface area contributed by atoms with E-state index in [-0.39, 0.29) is 12.5 Å². The van der Waals surface area contributed by atoms with Crippen LogP contribution in [0.5, 0.6) is 0 Å². The van der Waals surface area contributed by atoms with Gasteiger partial charge in [0.15, 0.2) is 0 Å². The number of benzene rings is 1. The van der Waals surface area contributed by atoms with Crippen molar-refractivity contribution in [1.82, 2.24) is 0 Å². The average Bonchev–Trinajstić information content (AvgIpc) is 2.24. The molecule has 1 rings (SSSR count). The second kappa shape index (κ2) is 5.76. The highest BCUT2D eigenvalue weighted by Gasteiger charge is 2.15. The molecule has 1 aromatic carbocycles. The van der Waals surface area contributed by atoms with E-state index in [0.29, 0.717) is 0 Å². The molecule has 0 aliphatic carbocycles. The zero-order chi connectivity index (χ0) is 13.8. The Morgan fingerprint density at radius 1 is 1.33 bits per heavy atom. The standard InChI is InChI=1S/C14H22N2O2/c1-14(2,3)18-13(17)10-15-11-7-6-8-12(9-11)16(4)5/h6-9,15H,10H2,1-5H3. The first-order chi connectivity index (χ1) is 8.28. The lowest BCUT2D eigenvalue weighted by molar-refractivity contribution is -0.152. The predicted molar refractivity (Wildman–Crippen MR) is 75.1 cm³/mol. The van der Waals surface area contributed by atoms with Gasteiger partial charge >= 0.3 is 5.97 Å². The molecule has 0 radical (unpaired) electrons. The van der Waals surface area contributed by atoms with Crippen molar-refractivity contribution in [3.05, 3.63) is 24.3 Å². The Bertz CT molecular complexity index is 409. The summed E-state index contributed by atoms with van der Waals surface area (Å²) >= 11 is 0. The van der Waals surface area contributed by atoms with Crippen LogP contribution in [0.25, 0.3) is 0 Å². The van der Waals surface area contributed by atoms with Crippen molar-refractivity contribution >= 4 is 17.3 Å². The van der Waals surface area contributed by atoms with Gasteiger partial charge in [-0.1, -0.05) is 6.07 Å². The lowest BCUT2D eigenvalue weighted by atomic mass is 10.2. The van der Waals surface area contributed by atoms with Gasteiger partial charge in [0.1, 0.15) is 12.1 Å². The summed E-state index contributed by atoms with van der Waals surface area (Å²) in [4.78, 5) is 13.6. The van der Waals surface area contributed by atoms with E-state index in [1.54, 1.807) is 0 Å². The second-order valence-corrected chi connectivity index (χ2v) is 5.38. The molecule has 0 amide bonds. The molecule has 0 bridgehead atoms. The first-order valence-corrected chi connectivity index (χ1v) is 6.01. The third-order valence-corrected chi connectivity index (χ3v) is 2.22. The van der Waals surface area contributed by atoms with Gasteiger partial charge in [0, 0.05) is 25.5 Å². The summed E-state index contributed by atoms with van der Waals surface area (Å²) in [6.45, 7) is 5.75. The van der Waals surface area contributed by atoms with Gasteiger partial charge < -0.3 is 15.0 Å². The summed E-state index contributed by atoms with van der Waals surface area (Å²) in [5.41, 5.74) is 1.56. The molecule has 4 heteroatoms. The number of rotatable bonds is 4. The first-order valence-electron chi connectivity index (χ1n) is 6.01. The van der Waals surface area contributed by atoms with Gasteiger partial charge in [0.05, 0.1) is 0 Å². The molecule has 0 unspecified atom stereocenters. The van der Waals surface area contributed by atoms with Crippen LogP contribution in [0.2, 0.25) is 0 Å². The fraction of sp³-hybridized carbons (Fsp3) is 0.500. The number of nitrogens with one attached hydrogen (secondary N) is 1. The van der Waals surface area contributed by atoms with Crippen LogP contribution in [0.3, 0.4) is 0 Å². The molecular formula is C14H22N2O2. The smallest absolute Gasteiger partial charge is 0.325 e. The maximum atomic E-state index is 11.6. The number of esters is 1. The van der Waals surface area contributed by atoms with Crippen molar-refractivity contribution in [2.75, 3.05) is 30.9 Å². The lowest BCUT2D eigenvalue weighted by Gasteiger charge is -2.20. The van der Waals surface area contributed by atoms with Crippen molar-refractivity contribution in [3.8, 4) is 0 Å². The molecule has 0 aliphatic rings. The molecule has 0 spiro atoms. The van der Waals surface area contributed by atoms with Crippen LogP contribution in [-0.2, 0) is 9.53 Å². The molecule has 0 saturated heterocycles. The molecule has 0 fully saturated rings. The molecular weight excluding hydrogens is 228 g/mol. The van der Waals surface area contributed by atoms with E-state index in [2.05, 4.69) is 5.32 Å². The first kappa shape index (κ1) is 14.4. The Labute approximate surface area is 109 Å². The van der Waals surface area contributed by atoms with E-state index in [0.717, 1.165) is 11.4 Å². The van der Waals surface area contributed by atoms with Gasteiger partial charge in [-0.2, -0.15) is 0 Å². The van der Waals surface area contributed by atoms with Crippen LogP contribution in [0.15, 0.2) is 24.3 Å². The molecule has 4 nitrogen and oxygen atoms in total. The topological polar surface area (TPSA) is 41.6 Å². The highest BCUT2D eigenvalue weighted by molar-refractivity contribution is 5.75. The van der Waals surface area contributed by atoms with E-state index in [9.17, 15) is 4.79 Å². The molecule has 0 aliphatic heterocycles. The van der Waals surface area contributed by atoms with Crippen LogP contribution >= 0.6 is 0 Å². The number of hydrogen-bond acceptors (Lipinski definition) is 4. The van der Waals surface area contributed by atoms with Crippen LogP contribution in [0.1, 0.15) is 20.8 Å². The van der Waals surface area contributed by atoms with Crippen LogP contribution < -0.4 is 10.2 Å². The summed E-state index contributed by atoms with van der Waals surface area (Å²) in [6.07, 6.45) is 0. The maximum absolute atomic E-state index is 11.6. The summed E-state index contributed by atoms with van der Waals surface area (Å²) < 4.78 is 5.23. The van der Waals surface area contributed by atoms with Gasteiger partial charge in [-0.05, 0) is 39.0 Å². The van der Waals surface area contributed by atoms with Gasteiger partial charge in [0.25, 0.3) is 0 Å². The minimum Gasteiger partial charge on any atom is -0.459 e. The Hall–Kier alpha value is -1.71. The zero-order valence-electron chi connectivity index (χ0n) is 11.8. The molecule has 0 heterocycles. The fourth-order valence-electron chi connectivity index (χ4n) is 1.45. The van der Waals surface area contributed by atoms with Crippen molar-refractivity contribution in [2.24, 2.45) is 0 Å². The third-order valence-electron chi connectivity index (χ3n) is 2.22. The Kier molecular flexibility index (Phi) is 4.59. The molecule has 0 aromatic heterocycles. The average molecular weight is 250 g/mol. The van der Waals surface area contributed by atoms with Crippen molar-refractivity contribution < 1.29 is 9.53 Å². The number of carbonyl (C=O) groups excluding carboxylic acids is 1. The second-order valence-electron chi connectivity index (χ2n) is 5.38. The van der Waals surface area contributed by atoms with Crippen molar-refractivity contribution in [2.45, 2.75) is 26.4 Å². The van der Waals surface area contributed by atoms with Gasteiger partial charge in [-0.15, -0.1) is 0 Å². The number of carbonyl (C=O) groups is 1. The van der Waals surface area contributed by atoms with Gasteiger partial charge in [-0.25, -0.2) is 0 Å². The summed E-state index contributed by atoms with van der Waals surface area (Å²) in [6, 6.07) is 7.88. The summed E-state index contributed by atoms with van der Waals surface area (Å²) in [5, 5.41) is 3.06. The number of anilines is 2. The predicted octanol–water partition coefficient (Wildman–Crippen LogP) is 2.51. The number of hydrogen-bond donors (Lipinski definition) is 1. The van der Waals surface area contributed by atoms with Gasteiger partial charge in [-0.3, -0.25) is 4.79 Å². The molecule has 100 valence electrons. The maximum Gasteiger partial charge on any atom is 0.325 e. The van der Waals surface area contributed by atoms with Crippen molar-refractivity contribution in [1.29, 1.82) is 0 Å². The fourth-order valence-corrected chi connectivity index (χ4v) is 1.45. The normalized spacial score (nSPS) is 10.9. The summed E-state index contributed by atoms with van der Waals surface area (Å²) in [7, 11) is 3.96. The molecule has 18 heavy (non-hydrogen) atoms. The largest absolute Gasteiger partial charge is 0.459 e. The van der Waals surface area contributed by atoms with Gasteiger partial charge in [0.2, 0.25) is 0 Å². The number of ether oxygens (including phenoxy) is 1. The Morgan fingerprint density at radius 2 is 2.00 bits per heavy atom. The highest BCUT2D eigenvalue weighted by Crippen LogP contribution is 2.17. The van der Waals surface area contributed by atoms with Crippen molar-refractivity contribution in [3.63, 3.8) is 0 Å². The Balaban J connectivity index is 2.53. The van der Waals surface area contributed by atoms with E-state index in [4.69, 9.17) is 4.74 Å². The van der Waals surface area contributed by atoms with Crippen LogP contribution in [0, 0.1) is 0 Å². The van der Waals surface area contributed by atoms with E-state index < -0.39 is 5.60 Å². The SMILES string of the molecule is CN(C)c1cccc(NCC(=O)OC(C)(C)C)c1. The zero-order valence-corrected chi connectivity index (χ0v) is 11.8. The molecule has 0 atom stereocenters. The molecule has 1 N–H and O–H groups in total. The minimum absolute atomic E-state index is 0.175. The third kappa shape index (κ3) is 5.08. The lowest BCUT2D eigenvalue weighted by Crippen LogP contribution is -2.28. The van der Waals surface area contributed by atoms with E-state index >= 15 is 0 Å². The monoisotopic (exact) mass is 250 g/mol. The van der Waals surface area contributed by atoms with E-state index in [1.165, 1.54) is 0 Å². The molecule has 1 aromatic rings. The highest BCUT2D eigenvalue weighted by atomic mass is 16.6. The van der Waals surface area contributed by atoms with E-state index in [1.807, 2.05) is 64.0 Å². The van der Waals surface area contributed by atoms with Crippen LogP contribution in [-0.4, -0.2) is 32.2 Å². The Morgan fingerprint density at radius 3 is 2.56 bits per heavy atom. The van der Waals surface area contributed by atoms with Crippen LogP contribution in [0.4, 0.5) is 11.4 Å². The molecule has 0 saturated carbocycles. The minimum atomic E-state index is -0.440. The number of nitrogens with zero attached hydrogens (tertiary/aromatic N) is 1. The summed E-state index contributed by atoms with van der Waals surface area (Å²) in [5.74, 6) is -0.252.